The number of H-pyrrole nitrogens is 1. The highest BCUT2D eigenvalue weighted by Gasteiger charge is 2.24. The average Bonchev–Trinajstić information content (AvgIpc) is 3.01. The molecule has 0 aliphatic heterocycles. The van der Waals surface area contributed by atoms with Crippen molar-refractivity contribution in [3.05, 3.63) is 60.2 Å². The molecule has 0 spiro atoms. The number of aromatic nitrogens is 2. The van der Waals surface area contributed by atoms with Gasteiger partial charge in [0.05, 0.1) is 13.4 Å². The maximum absolute atomic E-state index is 5.27. The van der Waals surface area contributed by atoms with Crippen LogP contribution in [0.2, 0.25) is 0 Å². The summed E-state index contributed by atoms with van der Waals surface area (Å²) < 4.78 is 5.27. The van der Waals surface area contributed by atoms with E-state index in [9.17, 15) is 0 Å². The van der Waals surface area contributed by atoms with Gasteiger partial charge in [0, 0.05) is 17.3 Å². The fourth-order valence-electron chi connectivity index (χ4n) is 2.49. The number of nitrogens with zero attached hydrogens (tertiary/aromatic N) is 1. The van der Waals surface area contributed by atoms with Crippen LogP contribution in [0.25, 0.3) is 10.8 Å². The van der Waals surface area contributed by atoms with Gasteiger partial charge >= 0.3 is 0 Å². The Morgan fingerprint density at radius 1 is 1.05 bits per heavy atom. The van der Waals surface area contributed by atoms with Gasteiger partial charge in [0.2, 0.25) is 0 Å². The van der Waals surface area contributed by atoms with Crippen LogP contribution in [0.1, 0.15) is 25.1 Å². The van der Waals surface area contributed by atoms with Crippen molar-refractivity contribution in [3.8, 4) is 5.75 Å². The first-order valence-electron chi connectivity index (χ1n) is 6.68. The second-order valence-electron chi connectivity index (χ2n) is 5.52. The Balaban J connectivity index is 2.09. The number of aromatic amines is 1. The molecule has 1 aromatic heterocycles. The van der Waals surface area contributed by atoms with E-state index in [2.05, 4.69) is 54.1 Å². The lowest BCUT2D eigenvalue weighted by atomic mass is 9.81. The molecule has 0 saturated carbocycles. The van der Waals surface area contributed by atoms with Crippen LogP contribution in [-0.2, 0) is 5.41 Å². The first kappa shape index (κ1) is 12.7. The normalized spacial score (nSPS) is 11.8. The summed E-state index contributed by atoms with van der Waals surface area (Å²) in [5.74, 6) is 0.887. The summed E-state index contributed by atoms with van der Waals surface area (Å²) in [5.41, 5.74) is 2.29. The zero-order chi connectivity index (χ0) is 14.2. The second kappa shape index (κ2) is 4.67. The number of ether oxygens (including phenoxy) is 1. The number of imidazole rings is 1. The molecule has 0 bridgehead atoms. The molecule has 3 nitrogen and oxygen atoms in total. The van der Waals surface area contributed by atoms with Gasteiger partial charge in [0.1, 0.15) is 5.75 Å². The van der Waals surface area contributed by atoms with Crippen LogP contribution in [0.5, 0.6) is 5.75 Å². The van der Waals surface area contributed by atoms with E-state index in [4.69, 9.17) is 4.74 Å². The summed E-state index contributed by atoms with van der Waals surface area (Å²) >= 11 is 0. The zero-order valence-corrected chi connectivity index (χ0v) is 12.0. The standard InChI is InChI=1S/C17H18N2O/c1-17(2,16-10-18-11-19-16)14-6-4-13-9-15(20-3)7-5-12(13)8-14/h4-11H,1-3H3,(H,18,19). The maximum Gasteiger partial charge on any atom is 0.119 e. The SMILES string of the molecule is COc1ccc2cc(C(C)(C)c3cnc[nH]3)ccc2c1. The first-order chi connectivity index (χ1) is 9.61. The van der Waals surface area contributed by atoms with E-state index in [1.165, 1.54) is 16.3 Å². The number of nitrogens with one attached hydrogen (secondary N) is 1. The minimum absolute atomic E-state index is 0.0926. The summed E-state index contributed by atoms with van der Waals surface area (Å²) in [6.07, 6.45) is 3.61. The predicted molar refractivity (Wildman–Crippen MR) is 81.2 cm³/mol. The Morgan fingerprint density at radius 3 is 2.50 bits per heavy atom. The van der Waals surface area contributed by atoms with Crippen LogP contribution in [0, 0.1) is 0 Å². The van der Waals surface area contributed by atoms with Crippen molar-refractivity contribution in [2.24, 2.45) is 0 Å². The topological polar surface area (TPSA) is 37.9 Å². The van der Waals surface area contributed by atoms with Crippen LogP contribution in [0.3, 0.4) is 0 Å². The summed E-state index contributed by atoms with van der Waals surface area (Å²) in [6, 6.07) is 12.7. The van der Waals surface area contributed by atoms with E-state index in [-0.39, 0.29) is 5.41 Å². The number of hydrogen-bond donors (Lipinski definition) is 1. The van der Waals surface area contributed by atoms with Crippen molar-refractivity contribution in [3.63, 3.8) is 0 Å². The fourth-order valence-corrected chi connectivity index (χ4v) is 2.49. The van der Waals surface area contributed by atoms with Gasteiger partial charge in [0.15, 0.2) is 0 Å². The molecule has 0 aliphatic carbocycles. The molecule has 2 aromatic carbocycles. The van der Waals surface area contributed by atoms with Crippen LogP contribution in [0.4, 0.5) is 0 Å². The van der Waals surface area contributed by atoms with E-state index < -0.39 is 0 Å². The lowest BCUT2D eigenvalue weighted by Crippen LogP contribution is -2.19. The molecule has 3 aromatic rings. The molecule has 1 N–H and O–H groups in total. The average molecular weight is 266 g/mol. The maximum atomic E-state index is 5.27. The minimum atomic E-state index is -0.0926. The Hall–Kier alpha value is -2.29. The molecule has 0 saturated heterocycles. The summed E-state index contributed by atoms with van der Waals surface area (Å²) in [6.45, 7) is 4.40. The fraction of sp³-hybridized carbons (Fsp3) is 0.235. The molecular formula is C17H18N2O. The molecule has 20 heavy (non-hydrogen) atoms. The minimum Gasteiger partial charge on any atom is -0.497 e. The van der Waals surface area contributed by atoms with Crippen LogP contribution in [-0.4, -0.2) is 17.1 Å². The van der Waals surface area contributed by atoms with Gasteiger partial charge in [-0.25, -0.2) is 4.98 Å². The Labute approximate surface area is 118 Å². The van der Waals surface area contributed by atoms with E-state index in [1.54, 1.807) is 13.4 Å². The highest BCUT2D eigenvalue weighted by atomic mass is 16.5. The zero-order valence-electron chi connectivity index (χ0n) is 12.0. The van der Waals surface area contributed by atoms with E-state index >= 15 is 0 Å². The smallest absolute Gasteiger partial charge is 0.119 e. The van der Waals surface area contributed by atoms with Crippen molar-refractivity contribution in [2.45, 2.75) is 19.3 Å². The molecule has 0 radical (unpaired) electrons. The molecular weight excluding hydrogens is 248 g/mol. The Morgan fingerprint density at radius 2 is 1.80 bits per heavy atom. The highest BCUT2D eigenvalue weighted by Crippen LogP contribution is 2.32. The van der Waals surface area contributed by atoms with E-state index in [0.29, 0.717) is 0 Å². The van der Waals surface area contributed by atoms with Crippen LogP contribution < -0.4 is 4.74 Å². The molecule has 0 unspecified atom stereocenters. The second-order valence-corrected chi connectivity index (χ2v) is 5.52. The van der Waals surface area contributed by atoms with Gasteiger partial charge in [-0.3, -0.25) is 0 Å². The molecule has 0 atom stereocenters. The van der Waals surface area contributed by atoms with Crippen molar-refractivity contribution in [2.75, 3.05) is 7.11 Å². The van der Waals surface area contributed by atoms with Crippen LogP contribution >= 0.6 is 0 Å². The van der Waals surface area contributed by atoms with Gasteiger partial charge in [-0.2, -0.15) is 0 Å². The quantitative estimate of drug-likeness (QED) is 0.780. The predicted octanol–water partition coefficient (Wildman–Crippen LogP) is 3.90. The summed E-state index contributed by atoms with van der Waals surface area (Å²) in [4.78, 5) is 7.34. The van der Waals surface area contributed by atoms with E-state index in [1.807, 2.05) is 12.3 Å². The number of fused-ring (bicyclic) bond motifs is 1. The van der Waals surface area contributed by atoms with Gasteiger partial charge in [-0.15, -0.1) is 0 Å². The third-order valence-electron chi connectivity index (χ3n) is 3.94. The lowest BCUT2D eigenvalue weighted by molar-refractivity contribution is 0.415. The summed E-state index contributed by atoms with van der Waals surface area (Å²) in [7, 11) is 1.69. The molecule has 0 fully saturated rings. The largest absolute Gasteiger partial charge is 0.497 e. The van der Waals surface area contributed by atoms with Gasteiger partial charge in [-0.05, 0) is 28.5 Å². The highest BCUT2D eigenvalue weighted by molar-refractivity contribution is 5.84. The van der Waals surface area contributed by atoms with Crippen molar-refractivity contribution >= 4 is 10.8 Å². The number of methoxy groups -OCH3 is 1. The van der Waals surface area contributed by atoms with Crippen molar-refractivity contribution in [1.29, 1.82) is 0 Å². The first-order valence-corrected chi connectivity index (χ1v) is 6.68. The molecule has 3 heteroatoms. The molecule has 0 aliphatic rings. The molecule has 102 valence electrons. The number of benzene rings is 2. The molecule has 0 amide bonds. The van der Waals surface area contributed by atoms with Crippen molar-refractivity contribution < 1.29 is 4.74 Å². The van der Waals surface area contributed by atoms with E-state index in [0.717, 1.165) is 11.4 Å². The summed E-state index contributed by atoms with van der Waals surface area (Å²) in [5, 5.41) is 2.41. The third kappa shape index (κ3) is 2.05. The Kier molecular flexibility index (Phi) is 2.97. The monoisotopic (exact) mass is 266 g/mol. The van der Waals surface area contributed by atoms with Crippen LogP contribution in [0.15, 0.2) is 48.9 Å². The van der Waals surface area contributed by atoms with Crippen molar-refractivity contribution in [1.82, 2.24) is 9.97 Å². The molecule has 1 heterocycles. The van der Waals surface area contributed by atoms with Gasteiger partial charge < -0.3 is 9.72 Å². The Bertz CT molecular complexity index is 730. The molecule has 3 rings (SSSR count). The van der Waals surface area contributed by atoms with Gasteiger partial charge in [-0.1, -0.05) is 38.1 Å². The number of rotatable bonds is 3. The number of hydrogen-bond acceptors (Lipinski definition) is 2. The third-order valence-corrected chi connectivity index (χ3v) is 3.94. The van der Waals surface area contributed by atoms with Gasteiger partial charge in [0.25, 0.3) is 0 Å². The lowest BCUT2D eigenvalue weighted by Gasteiger charge is -2.24.